The van der Waals surface area contributed by atoms with E-state index >= 15 is 0 Å². The van der Waals surface area contributed by atoms with Crippen LogP contribution in [0, 0.1) is 9.52 Å². The van der Waals surface area contributed by atoms with Crippen LogP contribution in [0.3, 0.4) is 0 Å². The van der Waals surface area contributed by atoms with Gasteiger partial charge in [-0.15, -0.1) is 0 Å². The van der Waals surface area contributed by atoms with Crippen molar-refractivity contribution < 1.29 is 4.39 Å². The molecule has 0 N–H and O–H groups in total. The third kappa shape index (κ3) is 2.05. The van der Waals surface area contributed by atoms with Crippen molar-refractivity contribution in [1.82, 2.24) is 4.37 Å². The lowest BCUT2D eigenvalue weighted by Gasteiger charge is -1.94. The van der Waals surface area contributed by atoms with Gasteiger partial charge in [0.1, 0.15) is 9.52 Å². The molecule has 0 amide bonds. The molecule has 4 heteroatoms. The summed E-state index contributed by atoms with van der Waals surface area (Å²) in [5.41, 5.74) is 1.02. The summed E-state index contributed by atoms with van der Waals surface area (Å²) < 4.78 is 17.7. The molecule has 2 aromatic rings. The number of halogens is 2. The topological polar surface area (TPSA) is 12.9 Å². The zero-order chi connectivity index (χ0) is 9.26. The van der Waals surface area contributed by atoms with Gasteiger partial charge in [0.05, 0.1) is 4.88 Å². The molecule has 0 saturated carbocycles. The van der Waals surface area contributed by atoms with Gasteiger partial charge in [-0.1, -0.05) is 12.1 Å². The fraction of sp³-hybridized carbons (Fsp3) is 0. The minimum atomic E-state index is -0.206. The van der Waals surface area contributed by atoms with E-state index in [1.54, 1.807) is 12.1 Å². The molecule has 2 rings (SSSR count). The molecule has 1 heterocycles. The quantitative estimate of drug-likeness (QED) is 0.734. The highest BCUT2D eigenvalue weighted by Crippen LogP contribution is 2.25. The van der Waals surface area contributed by atoms with E-state index < -0.39 is 0 Å². The van der Waals surface area contributed by atoms with Crippen molar-refractivity contribution in [3.05, 3.63) is 39.8 Å². The van der Waals surface area contributed by atoms with Gasteiger partial charge in [-0.3, -0.25) is 0 Å². The van der Waals surface area contributed by atoms with Crippen LogP contribution in [-0.4, -0.2) is 4.37 Å². The highest BCUT2D eigenvalue weighted by molar-refractivity contribution is 14.1. The van der Waals surface area contributed by atoms with Crippen LogP contribution in [0.2, 0.25) is 0 Å². The summed E-state index contributed by atoms with van der Waals surface area (Å²) in [6.07, 6.45) is 0. The SMILES string of the molecule is Fc1ccc(-c2cc(I)ns2)cc1. The van der Waals surface area contributed by atoms with Crippen LogP contribution in [-0.2, 0) is 0 Å². The van der Waals surface area contributed by atoms with Crippen LogP contribution in [0.4, 0.5) is 4.39 Å². The number of hydrogen-bond donors (Lipinski definition) is 0. The first-order chi connectivity index (χ1) is 6.25. The lowest BCUT2D eigenvalue weighted by atomic mass is 10.2. The molecule has 0 bridgehead atoms. The van der Waals surface area contributed by atoms with Gasteiger partial charge in [0.2, 0.25) is 0 Å². The summed E-state index contributed by atoms with van der Waals surface area (Å²) in [5, 5.41) is 0. The molecule has 0 aliphatic carbocycles. The Balaban J connectivity index is 2.41. The Morgan fingerprint density at radius 2 is 1.92 bits per heavy atom. The third-order valence-corrected chi connectivity index (χ3v) is 3.33. The number of rotatable bonds is 1. The van der Waals surface area contributed by atoms with Crippen molar-refractivity contribution in [2.24, 2.45) is 0 Å². The maximum Gasteiger partial charge on any atom is 0.123 e. The van der Waals surface area contributed by atoms with Crippen molar-refractivity contribution in [2.45, 2.75) is 0 Å². The van der Waals surface area contributed by atoms with Crippen LogP contribution >= 0.6 is 34.1 Å². The molecule has 0 fully saturated rings. The van der Waals surface area contributed by atoms with E-state index in [1.165, 1.54) is 23.7 Å². The van der Waals surface area contributed by atoms with Crippen molar-refractivity contribution in [1.29, 1.82) is 0 Å². The van der Waals surface area contributed by atoms with Crippen LogP contribution in [0.1, 0.15) is 0 Å². The van der Waals surface area contributed by atoms with Crippen LogP contribution < -0.4 is 0 Å². The van der Waals surface area contributed by atoms with Crippen LogP contribution in [0.25, 0.3) is 10.4 Å². The second kappa shape index (κ2) is 3.71. The molecule has 0 unspecified atom stereocenters. The third-order valence-electron chi connectivity index (χ3n) is 1.61. The molecular weight excluding hydrogens is 300 g/mol. The van der Waals surface area contributed by atoms with E-state index in [-0.39, 0.29) is 5.82 Å². The maximum atomic E-state index is 12.6. The largest absolute Gasteiger partial charge is 0.207 e. The molecule has 0 spiro atoms. The van der Waals surface area contributed by atoms with Gasteiger partial charge in [0, 0.05) is 0 Å². The average Bonchev–Trinajstić information content (AvgIpc) is 2.53. The zero-order valence-corrected chi connectivity index (χ0v) is 9.47. The first-order valence-corrected chi connectivity index (χ1v) is 5.49. The van der Waals surface area contributed by atoms with Gasteiger partial charge in [0.25, 0.3) is 0 Å². The Morgan fingerprint density at radius 3 is 2.46 bits per heavy atom. The first-order valence-electron chi connectivity index (χ1n) is 3.64. The standard InChI is InChI=1S/C9H5FINS/c10-7-3-1-6(2-4-7)8-5-9(11)12-13-8/h1-5H. The van der Waals surface area contributed by atoms with Crippen molar-refractivity contribution in [3.8, 4) is 10.4 Å². The Bertz CT molecular complexity index is 410. The van der Waals surface area contributed by atoms with Crippen molar-refractivity contribution in [3.63, 3.8) is 0 Å². The molecule has 0 aliphatic rings. The molecule has 0 atom stereocenters. The number of benzene rings is 1. The van der Waals surface area contributed by atoms with Gasteiger partial charge < -0.3 is 0 Å². The number of aromatic nitrogens is 1. The van der Waals surface area contributed by atoms with E-state index in [1.807, 2.05) is 6.07 Å². The monoisotopic (exact) mass is 305 g/mol. The summed E-state index contributed by atoms with van der Waals surface area (Å²) in [7, 11) is 0. The highest BCUT2D eigenvalue weighted by Gasteiger charge is 2.01. The van der Waals surface area contributed by atoms with E-state index in [2.05, 4.69) is 27.0 Å². The van der Waals surface area contributed by atoms with E-state index in [9.17, 15) is 4.39 Å². The van der Waals surface area contributed by atoms with Gasteiger partial charge in [-0.2, -0.15) is 4.37 Å². The number of nitrogens with zero attached hydrogens (tertiary/aromatic N) is 1. The minimum absolute atomic E-state index is 0.206. The predicted molar refractivity (Wildman–Crippen MR) is 60.2 cm³/mol. The maximum absolute atomic E-state index is 12.6. The Hall–Kier alpha value is -0.490. The average molecular weight is 305 g/mol. The van der Waals surface area contributed by atoms with E-state index in [4.69, 9.17) is 0 Å². The number of hydrogen-bond acceptors (Lipinski definition) is 2. The summed E-state index contributed by atoms with van der Waals surface area (Å²) in [6.45, 7) is 0. The summed E-state index contributed by atoms with van der Waals surface area (Å²) in [6, 6.07) is 8.43. The van der Waals surface area contributed by atoms with Crippen LogP contribution in [0.5, 0.6) is 0 Å². The molecule has 0 radical (unpaired) electrons. The Morgan fingerprint density at radius 1 is 1.23 bits per heavy atom. The Labute approximate surface area is 92.9 Å². The highest BCUT2D eigenvalue weighted by atomic mass is 127. The molecule has 1 nitrogen and oxygen atoms in total. The summed E-state index contributed by atoms with van der Waals surface area (Å²) >= 11 is 3.59. The second-order valence-electron chi connectivity index (χ2n) is 2.52. The molecule has 1 aromatic carbocycles. The minimum Gasteiger partial charge on any atom is -0.207 e. The van der Waals surface area contributed by atoms with E-state index in [0.29, 0.717) is 0 Å². The fourth-order valence-electron chi connectivity index (χ4n) is 1.00. The fourth-order valence-corrected chi connectivity index (χ4v) is 2.47. The summed E-state index contributed by atoms with van der Waals surface area (Å²) in [5.74, 6) is -0.206. The predicted octanol–water partition coefficient (Wildman–Crippen LogP) is 3.55. The first kappa shape index (κ1) is 9.08. The smallest absolute Gasteiger partial charge is 0.123 e. The zero-order valence-electron chi connectivity index (χ0n) is 6.50. The molecule has 0 saturated heterocycles. The van der Waals surface area contributed by atoms with Crippen molar-refractivity contribution >= 4 is 34.1 Å². The molecule has 1 aromatic heterocycles. The second-order valence-corrected chi connectivity index (χ2v) is 4.43. The van der Waals surface area contributed by atoms with Gasteiger partial charge in [-0.25, -0.2) is 4.39 Å². The van der Waals surface area contributed by atoms with Crippen LogP contribution in [0.15, 0.2) is 30.3 Å². The van der Waals surface area contributed by atoms with Gasteiger partial charge in [-0.05, 0) is 57.9 Å². The normalized spacial score (nSPS) is 10.3. The van der Waals surface area contributed by atoms with Gasteiger partial charge >= 0.3 is 0 Å². The molecule has 66 valence electrons. The van der Waals surface area contributed by atoms with E-state index in [0.717, 1.165) is 14.1 Å². The molecular formula is C9H5FINS. The molecule has 0 aliphatic heterocycles. The molecule has 13 heavy (non-hydrogen) atoms. The lowest BCUT2D eigenvalue weighted by Crippen LogP contribution is -1.73. The lowest BCUT2D eigenvalue weighted by molar-refractivity contribution is 0.628. The van der Waals surface area contributed by atoms with Gasteiger partial charge in [0.15, 0.2) is 0 Å². The van der Waals surface area contributed by atoms with Crippen molar-refractivity contribution in [2.75, 3.05) is 0 Å². The summed E-state index contributed by atoms with van der Waals surface area (Å²) in [4.78, 5) is 1.07. The Kier molecular flexibility index (Phi) is 2.59.